The van der Waals surface area contributed by atoms with Crippen LogP contribution in [0.4, 0.5) is 10.2 Å². The number of anilines is 1. The SMILES string of the molecule is C=C1NC(O)COc2ncc(F)cc2[C@@]23C[C@@H]2CCN3c2ccn3ncc1c3n2. The van der Waals surface area contributed by atoms with Crippen molar-refractivity contribution < 1.29 is 14.2 Å². The van der Waals surface area contributed by atoms with Crippen LogP contribution in [-0.4, -0.2) is 44.1 Å². The molecule has 5 heterocycles. The molecule has 3 atom stereocenters. The second kappa shape index (κ2) is 5.66. The van der Waals surface area contributed by atoms with E-state index in [0.717, 1.165) is 31.4 Å². The lowest BCUT2D eigenvalue weighted by atomic mass is 10.0. The zero-order valence-electron chi connectivity index (χ0n) is 15.5. The van der Waals surface area contributed by atoms with Gasteiger partial charge >= 0.3 is 0 Å². The number of pyridine rings is 1. The summed E-state index contributed by atoms with van der Waals surface area (Å²) in [6.07, 6.45) is 5.53. The number of aliphatic hydroxyl groups is 1. The number of hydrogen-bond donors (Lipinski definition) is 2. The molecule has 0 radical (unpaired) electrons. The lowest BCUT2D eigenvalue weighted by Crippen LogP contribution is -2.35. The third kappa shape index (κ3) is 2.30. The fraction of sp³-hybridized carbons (Fsp3) is 0.350. The van der Waals surface area contributed by atoms with Gasteiger partial charge in [0.1, 0.15) is 18.2 Å². The average Bonchev–Trinajstić information content (AvgIpc) is 3.09. The van der Waals surface area contributed by atoms with Crippen molar-refractivity contribution in [1.29, 1.82) is 0 Å². The molecule has 6 rings (SSSR count). The normalized spacial score (nSPS) is 27.8. The highest BCUT2D eigenvalue weighted by atomic mass is 19.1. The first-order chi connectivity index (χ1) is 14.1. The minimum atomic E-state index is -1.02. The monoisotopic (exact) mass is 394 g/mol. The van der Waals surface area contributed by atoms with Crippen LogP contribution in [0.3, 0.4) is 0 Å². The van der Waals surface area contributed by atoms with Crippen molar-refractivity contribution >= 4 is 17.2 Å². The van der Waals surface area contributed by atoms with Crippen molar-refractivity contribution in [3.63, 3.8) is 0 Å². The summed E-state index contributed by atoms with van der Waals surface area (Å²) in [6.45, 7) is 4.77. The number of rotatable bonds is 0. The summed E-state index contributed by atoms with van der Waals surface area (Å²) in [5.74, 6) is 1.12. The Balaban J connectivity index is 1.57. The smallest absolute Gasteiger partial charge is 0.219 e. The number of hydrogen-bond acceptors (Lipinski definition) is 7. The van der Waals surface area contributed by atoms with Gasteiger partial charge in [0, 0.05) is 24.0 Å². The van der Waals surface area contributed by atoms with E-state index in [4.69, 9.17) is 9.72 Å². The molecule has 2 bridgehead atoms. The summed E-state index contributed by atoms with van der Waals surface area (Å²) >= 11 is 0. The molecule has 9 heteroatoms. The second-order valence-electron chi connectivity index (χ2n) is 7.83. The minimum Gasteiger partial charge on any atom is -0.473 e. The van der Waals surface area contributed by atoms with Crippen molar-refractivity contribution in [2.45, 2.75) is 24.6 Å². The molecule has 1 saturated heterocycles. The number of fused-ring (bicyclic) bond motifs is 3. The lowest BCUT2D eigenvalue weighted by molar-refractivity contribution is 0.0901. The van der Waals surface area contributed by atoms with Crippen LogP contribution < -0.4 is 15.0 Å². The highest BCUT2D eigenvalue weighted by Crippen LogP contribution is 2.64. The van der Waals surface area contributed by atoms with Gasteiger partial charge in [0.2, 0.25) is 5.88 Å². The molecule has 1 aliphatic carbocycles. The molecule has 0 aromatic carbocycles. The fourth-order valence-electron chi connectivity index (χ4n) is 4.82. The lowest BCUT2D eigenvalue weighted by Gasteiger charge is -2.30. The number of nitrogens with zero attached hydrogens (tertiary/aromatic N) is 5. The zero-order valence-corrected chi connectivity index (χ0v) is 15.5. The topological polar surface area (TPSA) is 87.8 Å². The van der Waals surface area contributed by atoms with Gasteiger partial charge in [-0.1, -0.05) is 6.58 Å². The third-order valence-electron chi connectivity index (χ3n) is 6.21. The Kier molecular flexibility index (Phi) is 3.27. The predicted molar refractivity (Wildman–Crippen MR) is 103 cm³/mol. The van der Waals surface area contributed by atoms with E-state index in [0.29, 0.717) is 34.3 Å². The van der Waals surface area contributed by atoms with Gasteiger partial charge in [-0.3, -0.25) is 0 Å². The van der Waals surface area contributed by atoms with Gasteiger partial charge in [-0.25, -0.2) is 18.9 Å². The summed E-state index contributed by atoms with van der Waals surface area (Å²) in [7, 11) is 0. The average molecular weight is 394 g/mol. The molecule has 1 unspecified atom stereocenters. The van der Waals surface area contributed by atoms with Crippen LogP contribution >= 0.6 is 0 Å². The Hall–Kier alpha value is -3.20. The van der Waals surface area contributed by atoms with E-state index in [1.807, 2.05) is 12.3 Å². The number of nitrogens with one attached hydrogen (secondary N) is 1. The highest BCUT2D eigenvalue weighted by molar-refractivity contribution is 5.74. The van der Waals surface area contributed by atoms with Gasteiger partial charge in [-0.05, 0) is 30.9 Å². The van der Waals surface area contributed by atoms with E-state index in [1.54, 1.807) is 10.7 Å². The van der Waals surface area contributed by atoms with Gasteiger partial charge in [-0.15, -0.1) is 0 Å². The number of piperidine rings is 1. The summed E-state index contributed by atoms with van der Waals surface area (Å²) in [6, 6.07) is 3.42. The Morgan fingerprint density at radius 1 is 1.38 bits per heavy atom. The third-order valence-corrected chi connectivity index (χ3v) is 6.21. The van der Waals surface area contributed by atoms with E-state index < -0.39 is 12.0 Å². The van der Waals surface area contributed by atoms with Crippen molar-refractivity contribution in [3.8, 4) is 5.88 Å². The summed E-state index contributed by atoms with van der Waals surface area (Å²) in [5.41, 5.74) is 2.16. The van der Waals surface area contributed by atoms with Crippen LogP contribution in [0.2, 0.25) is 0 Å². The van der Waals surface area contributed by atoms with Crippen molar-refractivity contribution in [2.75, 3.05) is 18.1 Å². The molecule has 2 aliphatic heterocycles. The van der Waals surface area contributed by atoms with Crippen molar-refractivity contribution in [3.05, 3.63) is 54.2 Å². The Morgan fingerprint density at radius 3 is 3.14 bits per heavy atom. The van der Waals surface area contributed by atoms with Gasteiger partial charge in [0.05, 0.1) is 23.5 Å². The maximum Gasteiger partial charge on any atom is 0.219 e. The van der Waals surface area contributed by atoms with Gasteiger partial charge < -0.3 is 20.1 Å². The first-order valence-corrected chi connectivity index (χ1v) is 9.61. The van der Waals surface area contributed by atoms with Crippen molar-refractivity contribution in [2.24, 2.45) is 5.92 Å². The van der Waals surface area contributed by atoms with Crippen LogP contribution in [-0.2, 0) is 5.54 Å². The molecule has 3 aliphatic rings. The maximum atomic E-state index is 14.2. The van der Waals surface area contributed by atoms with Gasteiger partial charge in [0.25, 0.3) is 0 Å². The quantitative estimate of drug-likeness (QED) is 0.600. The molecule has 3 aromatic heterocycles. The zero-order chi connectivity index (χ0) is 19.8. The number of halogens is 1. The molecule has 2 fully saturated rings. The van der Waals surface area contributed by atoms with E-state index in [-0.39, 0.29) is 12.1 Å². The molecule has 148 valence electrons. The Morgan fingerprint density at radius 2 is 2.28 bits per heavy atom. The van der Waals surface area contributed by atoms with E-state index in [9.17, 15) is 9.50 Å². The van der Waals surface area contributed by atoms with Gasteiger partial charge in [0.15, 0.2) is 11.9 Å². The van der Waals surface area contributed by atoms with Crippen LogP contribution in [0.5, 0.6) is 5.88 Å². The number of aromatic nitrogens is 4. The maximum absolute atomic E-state index is 14.2. The largest absolute Gasteiger partial charge is 0.473 e. The fourth-order valence-corrected chi connectivity index (χ4v) is 4.82. The minimum absolute atomic E-state index is 0.0547. The second-order valence-corrected chi connectivity index (χ2v) is 7.83. The molecule has 1 spiro atoms. The number of ether oxygens (including phenoxy) is 1. The standard InChI is InChI=1S/C20H19FN6O2/c1-11-14-9-23-27-5-3-16(25-18(14)27)26-4-2-12-7-20(12,26)15-6-13(21)8-22-19(15)29-10-17(28)24-11/h3,5-6,8-9,12,17,24,28H,1-2,4,7,10H2/t12-,17?,20+/m0/s1. The molecule has 2 N–H and O–H groups in total. The number of aliphatic hydroxyl groups excluding tert-OH is 1. The molecule has 29 heavy (non-hydrogen) atoms. The van der Waals surface area contributed by atoms with E-state index in [1.165, 1.54) is 6.07 Å². The first kappa shape index (κ1) is 16.7. The van der Waals surface area contributed by atoms with Gasteiger partial charge in [-0.2, -0.15) is 5.10 Å². The molecular weight excluding hydrogens is 375 g/mol. The Labute approximate surface area is 165 Å². The van der Waals surface area contributed by atoms with Crippen LogP contribution in [0.25, 0.3) is 11.3 Å². The van der Waals surface area contributed by atoms with Crippen molar-refractivity contribution in [1.82, 2.24) is 24.9 Å². The molecule has 1 saturated carbocycles. The molecule has 8 nitrogen and oxygen atoms in total. The van der Waals surface area contributed by atoms with Crippen LogP contribution in [0.15, 0.2) is 37.3 Å². The van der Waals surface area contributed by atoms with Crippen LogP contribution in [0.1, 0.15) is 24.0 Å². The highest BCUT2D eigenvalue weighted by Gasteiger charge is 2.65. The predicted octanol–water partition coefficient (Wildman–Crippen LogP) is 1.66. The van der Waals surface area contributed by atoms with E-state index in [2.05, 4.69) is 26.9 Å². The van der Waals surface area contributed by atoms with E-state index >= 15 is 0 Å². The first-order valence-electron chi connectivity index (χ1n) is 9.61. The molecule has 0 amide bonds. The molecule has 3 aromatic rings. The Bertz CT molecular complexity index is 1160. The summed E-state index contributed by atoms with van der Waals surface area (Å²) < 4.78 is 21.7. The summed E-state index contributed by atoms with van der Waals surface area (Å²) in [4.78, 5) is 11.3. The van der Waals surface area contributed by atoms with Crippen LogP contribution in [0, 0.1) is 11.7 Å². The summed E-state index contributed by atoms with van der Waals surface area (Å²) in [5, 5.41) is 17.6. The molecular formula is C20H19FN6O2.